The molecule has 14 heavy (non-hydrogen) atoms. The lowest BCUT2D eigenvalue weighted by Gasteiger charge is -2.30. The van der Waals surface area contributed by atoms with E-state index >= 15 is 0 Å². The molecule has 0 aromatic heterocycles. The molecule has 2 heterocycles. The van der Waals surface area contributed by atoms with Crippen LogP contribution in [0.15, 0.2) is 23.9 Å². The number of nitrogens with one attached hydrogen (secondary N) is 1. The molecule has 3 N–H and O–H groups in total. The van der Waals surface area contributed by atoms with Gasteiger partial charge in [-0.2, -0.15) is 0 Å². The van der Waals surface area contributed by atoms with Crippen molar-refractivity contribution >= 4 is 0 Å². The molecule has 3 heteroatoms. The molecule has 0 aliphatic carbocycles. The van der Waals surface area contributed by atoms with Gasteiger partial charge in [-0.05, 0) is 50.5 Å². The molecular weight excluding hydrogens is 174 g/mol. The first kappa shape index (κ1) is 9.74. The van der Waals surface area contributed by atoms with Gasteiger partial charge in [0.2, 0.25) is 0 Å². The molecule has 3 nitrogen and oxygen atoms in total. The van der Waals surface area contributed by atoms with E-state index in [1.54, 1.807) is 0 Å². The largest absolute Gasteiger partial charge is 0.372 e. The maximum atomic E-state index is 5.70. The van der Waals surface area contributed by atoms with Crippen LogP contribution in [0, 0.1) is 5.92 Å². The minimum Gasteiger partial charge on any atom is -0.372 e. The number of nitrogens with zero attached hydrogens (tertiary/aromatic N) is 1. The molecule has 0 amide bonds. The summed E-state index contributed by atoms with van der Waals surface area (Å²) in [4.78, 5) is 2.39. The highest BCUT2D eigenvalue weighted by Gasteiger charge is 2.20. The molecule has 0 aromatic carbocycles. The van der Waals surface area contributed by atoms with Gasteiger partial charge in [-0.3, -0.25) is 0 Å². The number of nitrogens with two attached hydrogens (primary N) is 1. The van der Waals surface area contributed by atoms with Crippen molar-refractivity contribution in [2.24, 2.45) is 11.7 Å². The second kappa shape index (κ2) is 4.15. The normalized spacial score (nSPS) is 29.9. The van der Waals surface area contributed by atoms with Crippen LogP contribution in [0.1, 0.15) is 12.8 Å². The highest BCUT2D eigenvalue weighted by atomic mass is 15.1. The predicted octanol–water partition coefficient (Wildman–Crippen LogP) is 0.656. The summed E-state index contributed by atoms with van der Waals surface area (Å²) in [5.41, 5.74) is 7.11. The minimum atomic E-state index is 0.00464. The number of allylic oxidation sites excluding steroid dienone is 2. The van der Waals surface area contributed by atoms with E-state index < -0.39 is 0 Å². The van der Waals surface area contributed by atoms with Crippen LogP contribution in [-0.2, 0) is 0 Å². The van der Waals surface area contributed by atoms with Gasteiger partial charge in [-0.25, -0.2) is 0 Å². The number of rotatable bonds is 1. The lowest BCUT2D eigenvalue weighted by molar-refractivity contribution is 0.239. The van der Waals surface area contributed by atoms with Gasteiger partial charge in [0.05, 0.1) is 6.17 Å². The molecule has 1 atom stereocenters. The summed E-state index contributed by atoms with van der Waals surface area (Å²) in [6.07, 6.45) is 8.84. The van der Waals surface area contributed by atoms with Gasteiger partial charge >= 0.3 is 0 Å². The molecule has 1 unspecified atom stereocenters. The summed E-state index contributed by atoms with van der Waals surface area (Å²) in [6.45, 7) is 2.42. The standard InChI is InChI=1S/C11H19N3/c1-14-6-4-9(5-7-14)10-2-3-11(12)13-8-10/h2-3,8-9,11,13H,4-7,12H2,1H3. The number of dihydropyridines is 1. The summed E-state index contributed by atoms with van der Waals surface area (Å²) < 4.78 is 0. The van der Waals surface area contributed by atoms with Gasteiger partial charge in [-0.1, -0.05) is 6.08 Å². The average molecular weight is 193 g/mol. The average Bonchev–Trinajstić information content (AvgIpc) is 2.21. The fraction of sp³-hybridized carbons (Fsp3) is 0.636. The summed E-state index contributed by atoms with van der Waals surface area (Å²) in [7, 11) is 2.19. The van der Waals surface area contributed by atoms with Crippen LogP contribution in [0.25, 0.3) is 0 Å². The fourth-order valence-corrected chi connectivity index (χ4v) is 2.11. The topological polar surface area (TPSA) is 41.3 Å². The van der Waals surface area contributed by atoms with E-state index in [0.29, 0.717) is 0 Å². The fourth-order valence-electron chi connectivity index (χ4n) is 2.11. The first-order valence-electron chi connectivity index (χ1n) is 5.34. The lowest BCUT2D eigenvalue weighted by Crippen LogP contribution is -2.36. The molecule has 1 fully saturated rings. The van der Waals surface area contributed by atoms with E-state index in [4.69, 9.17) is 5.73 Å². The molecule has 78 valence electrons. The Hall–Kier alpha value is -0.800. The summed E-state index contributed by atoms with van der Waals surface area (Å²) >= 11 is 0. The van der Waals surface area contributed by atoms with Crippen LogP contribution >= 0.6 is 0 Å². The zero-order valence-corrected chi connectivity index (χ0v) is 8.74. The lowest BCUT2D eigenvalue weighted by atomic mass is 9.88. The van der Waals surface area contributed by atoms with E-state index in [1.165, 1.54) is 31.5 Å². The van der Waals surface area contributed by atoms with Gasteiger partial charge in [0, 0.05) is 6.20 Å². The van der Waals surface area contributed by atoms with Crippen molar-refractivity contribution in [3.63, 3.8) is 0 Å². The van der Waals surface area contributed by atoms with Gasteiger partial charge in [0.15, 0.2) is 0 Å². The van der Waals surface area contributed by atoms with Crippen LogP contribution in [0.5, 0.6) is 0 Å². The second-order valence-electron chi connectivity index (χ2n) is 4.27. The van der Waals surface area contributed by atoms with Crippen molar-refractivity contribution in [1.82, 2.24) is 10.2 Å². The highest BCUT2D eigenvalue weighted by Crippen LogP contribution is 2.25. The molecule has 2 aliphatic rings. The Morgan fingerprint density at radius 2 is 2.14 bits per heavy atom. The molecule has 0 bridgehead atoms. The van der Waals surface area contributed by atoms with Crippen LogP contribution in [-0.4, -0.2) is 31.2 Å². The third-order valence-corrected chi connectivity index (χ3v) is 3.13. The zero-order valence-electron chi connectivity index (χ0n) is 8.74. The first-order chi connectivity index (χ1) is 6.75. The van der Waals surface area contributed by atoms with Gasteiger partial charge < -0.3 is 16.0 Å². The molecule has 0 saturated carbocycles. The van der Waals surface area contributed by atoms with E-state index in [9.17, 15) is 0 Å². The summed E-state index contributed by atoms with van der Waals surface area (Å²) in [5.74, 6) is 0.724. The molecule has 0 spiro atoms. The van der Waals surface area contributed by atoms with E-state index in [1.807, 2.05) is 6.08 Å². The van der Waals surface area contributed by atoms with Crippen molar-refractivity contribution in [3.05, 3.63) is 23.9 Å². The quantitative estimate of drug-likeness (QED) is 0.642. The SMILES string of the molecule is CN1CCC(C2=CNC(N)C=C2)CC1. The van der Waals surface area contributed by atoms with E-state index in [2.05, 4.69) is 29.5 Å². The molecule has 2 rings (SSSR count). The number of piperidine rings is 1. The second-order valence-corrected chi connectivity index (χ2v) is 4.27. The Bertz CT molecular complexity index is 249. The zero-order chi connectivity index (χ0) is 9.97. The minimum absolute atomic E-state index is 0.00464. The van der Waals surface area contributed by atoms with Crippen molar-refractivity contribution in [3.8, 4) is 0 Å². The number of hydrogen-bond donors (Lipinski definition) is 2. The number of likely N-dealkylation sites (tertiary alicyclic amines) is 1. The van der Waals surface area contributed by atoms with Crippen molar-refractivity contribution in [1.29, 1.82) is 0 Å². The smallest absolute Gasteiger partial charge is 0.0934 e. The van der Waals surface area contributed by atoms with Gasteiger partial charge in [0.25, 0.3) is 0 Å². The third kappa shape index (κ3) is 2.16. The summed E-state index contributed by atoms with van der Waals surface area (Å²) in [5, 5.41) is 3.16. The monoisotopic (exact) mass is 193 g/mol. The Labute approximate surface area is 85.6 Å². The van der Waals surface area contributed by atoms with Crippen LogP contribution in [0.4, 0.5) is 0 Å². The Balaban J connectivity index is 1.93. The van der Waals surface area contributed by atoms with Crippen LogP contribution in [0.3, 0.4) is 0 Å². The molecular formula is C11H19N3. The first-order valence-corrected chi connectivity index (χ1v) is 5.34. The maximum absolute atomic E-state index is 5.70. The Morgan fingerprint density at radius 1 is 1.43 bits per heavy atom. The van der Waals surface area contributed by atoms with Crippen LogP contribution in [0.2, 0.25) is 0 Å². The van der Waals surface area contributed by atoms with Gasteiger partial charge in [-0.15, -0.1) is 0 Å². The number of hydrogen-bond acceptors (Lipinski definition) is 3. The maximum Gasteiger partial charge on any atom is 0.0934 e. The summed E-state index contributed by atoms with van der Waals surface area (Å²) in [6, 6.07) is 0. The van der Waals surface area contributed by atoms with E-state index in [-0.39, 0.29) is 6.17 Å². The molecule has 0 aromatic rings. The third-order valence-electron chi connectivity index (χ3n) is 3.13. The Kier molecular flexibility index (Phi) is 2.89. The molecule has 1 saturated heterocycles. The van der Waals surface area contributed by atoms with Crippen LogP contribution < -0.4 is 11.1 Å². The molecule has 0 radical (unpaired) electrons. The van der Waals surface area contributed by atoms with Crippen molar-refractivity contribution < 1.29 is 0 Å². The Morgan fingerprint density at radius 3 is 2.71 bits per heavy atom. The van der Waals surface area contributed by atoms with E-state index in [0.717, 1.165) is 5.92 Å². The highest BCUT2D eigenvalue weighted by molar-refractivity contribution is 5.26. The van der Waals surface area contributed by atoms with Gasteiger partial charge in [0.1, 0.15) is 0 Å². The molecule has 2 aliphatic heterocycles. The van der Waals surface area contributed by atoms with Crippen molar-refractivity contribution in [2.75, 3.05) is 20.1 Å². The van der Waals surface area contributed by atoms with Crippen molar-refractivity contribution in [2.45, 2.75) is 19.0 Å². The predicted molar refractivity (Wildman–Crippen MR) is 58.6 cm³/mol.